The second-order valence-electron chi connectivity index (χ2n) is 12.8. The third kappa shape index (κ3) is 5.25. The third-order valence-corrected chi connectivity index (χ3v) is 10.1. The predicted molar refractivity (Wildman–Crippen MR) is 168 cm³/mol. The number of ketones is 1. The number of nitrogens with one attached hydrogen (secondary N) is 1. The predicted octanol–water partition coefficient (Wildman–Crippen LogP) is 3.29. The van der Waals surface area contributed by atoms with E-state index in [1.165, 1.54) is 0 Å². The molecular formula is C36H40N2O7. The first-order chi connectivity index (χ1) is 21.8. The van der Waals surface area contributed by atoms with E-state index in [1.807, 2.05) is 25.1 Å². The number of hydrogen-bond donors (Lipinski definition) is 2. The number of fused-ring (bicyclic) bond motifs is 3. The van der Waals surface area contributed by atoms with Crippen LogP contribution in [0.4, 0.5) is 0 Å². The Kier molecular flexibility index (Phi) is 7.78. The standard InChI is InChI=1S/C36H40N2O7/c1-4-43-35(40)31-17-25(21-6-8-28(39)24(16-21)20-5-7-27-22(15-20)9-14-38-27)33-30(44-31)19-29-26(34(33)42-3)18-32(45-29)36(2,41)23-10-12-37-13-11-23/h5,7,9,15,17,19,23-24,32,37,41H,4,6,8,10-14,16,18H2,1-3H3/b25-21-/t24-,32-,36+/m0/s1. The van der Waals surface area contributed by atoms with E-state index in [9.17, 15) is 14.7 Å². The average Bonchev–Trinajstić information content (AvgIpc) is 3.71. The fraction of sp³-hybridized carbons (Fsp3) is 0.472. The first kappa shape index (κ1) is 29.7. The summed E-state index contributed by atoms with van der Waals surface area (Å²) in [5, 5.41) is 17.1. The molecule has 1 saturated carbocycles. The minimum Gasteiger partial charge on any atom is -0.496 e. The molecule has 7 rings (SSSR count). The van der Waals surface area contributed by atoms with E-state index in [0.717, 1.165) is 64.3 Å². The van der Waals surface area contributed by atoms with Gasteiger partial charge < -0.3 is 29.4 Å². The SMILES string of the molecule is CCOC(=O)C1=C/C(=C2\CCC(=O)[C@H](c3ccc4c(c3)=CCN=4)C2)c2c(cc3c(c2OC)C[C@@H]([C@](C)(O)C2CCNCC2)O3)O1. The second kappa shape index (κ2) is 11.8. The Morgan fingerprint density at radius 2 is 1.98 bits per heavy atom. The summed E-state index contributed by atoms with van der Waals surface area (Å²) in [5.41, 5.74) is 3.40. The van der Waals surface area contributed by atoms with Crippen LogP contribution in [0.1, 0.15) is 68.6 Å². The molecule has 0 spiro atoms. The van der Waals surface area contributed by atoms with Crippen LogP contribution < -0.4 is 30.1 Å². The van der Waals surface area contributed by atoms with E-state index < -0.39 is 17.7 Å². The van der Waals surface area contributed by atoms with Gasteiger partial charge in [0, 0.05) is 30.4 Å². The number of nitrogens with zero attached hydrogens (tertiary/aromatic N) is 1. The van der Waals surface area contributed by atoms with Crippen molar-refractivity contribution in [2.24, 2.45) is 10.9 Å². The quantitative estimate of drug-likeness (QED) is 0.478. The Morgan fingerprint density at radius 3 is 2.76 bits per heavy atom. The highest BCUT2D eigenvalue weighted by Crippen LogP contribution is 2.53. The van der Waals surface area contributed by atoms with Crippen molar-refractivity contribution in [2.45, 2.75) is 70.0 Å². The summed E-state index contributed by atoms with van der Waals surface area (Å²) in [4.78, 5) is 30.8. The van der Waals surface area contributed by atoms with Crippen molar-refractivity contribution in [3.63, 3.8) is 0 Å². The lowest BCUT2D eigenvalue weighted by molar-refractivity contribution is -0.141. The van der Waals surface area contributed by atoms with Gasteiger partial charge in [-0.15, -0.1) is 0 Å². The molecular weight excluding hydrogens is 572 g/mol. The molecule has 4 aliphatic heterocycles. The number of esters is 1. The molecule has 9 nitrogen and oxygen atoms in total. The second-order valence-corrected chi connectivity index (χ2v) is 12.8. The Bertz CT molecular complexity index is 1750. The maximum atomic E-state index is 13.3. The van der Waals surface area contributed by atoms with Gasteiger partial charge in [0.15, 0.2) is 0 Å². The van der Waals surface area contributed by atoms with Gasteiger partial charge in [0.1, 0.15) is 34.7 Å². The molecule has 1 saturated heterocycles. The van der Waals surface area contributed by atoms with Gasteiger partial charge in [-0.1, -0.05) is 17.7 Å². The van der Waals surface area contributed by atoms with Gasteiger partial charge in [0.25, 0.3) is 0 Å². The maximum absolute atomic E-state index is 13.3. The molecule has 5 aliphatic rings. The summed E-state index contributed by atoms with van der Waals surface area (Å²) < 4.78 is 24.1. The highest BCUT2D eigenvalue weighted by atomic mass is 16.6. The van der Waals surface area contributed by atoms with E-state index in [-0.39, 0.29) is 30.0 Å². The molecule has 9 heteroatoms. The van der Waals surface area contributed by atoms with Crippen molar-refractivity contribution in [1.29, 1.82) is 0 Å². The van der Waals surface area contributed by atoms with Crippen LogP contribution in [0.2, 0.25) is 0 Å². The molecule has 0 amide bonds. The normalized spacial score (nSPS) is 25.3. The molecule has 2 fully saturated rings. The summed E-state index contributed by atoms with van der Waals surface area (Å²) in [5.74, 6) is 1.13. The Hall–Kier alpha value is -3.95. The van der Waals surface area contributed by atoms with Gasteiger partial charge in [-0.25, -0.2) is 4.79 Å². The molecule has 0 radical (unpaired) electrons. The van der Waals surface area contributed by atoms with E-state index in [4.69, 9.17) is 18.9 Å². The Morgan fingerprint density at radius 1 is 1.16 bits per heavy atom. The number of ether oxygens (including phenoxy) is 4. The number of aliphatic hydroxyl groups is 1. The van der Waals surface area contributed by atoms with Gasteiger partial charge in [-0.3, -0.25) is 9.79 Å². The van der Waals surface area contributed by atoms with E-state index >= 15 is 0 Å². The van der Waals surface area contributed by atoms with E-state index in [2.05, 4.69) is 22.5 Å². The topological polar surface area (TPSA) is 116 Å². The summed E-state index contributed by atoms with van der Waals surface area (Å²) >= 11 is 0. The lowest BCUT2D eigenvalue weighted by Crippen LogP contribution is -2.51. The van der Waals surface area contributed by atoms with Crippen molar-refractivity contribution in [3.05, 3.63) is 68.9 Å². The van der Waals surface area contributed by atoms with E-state index in [0.29, 0.717) is 49.5 Å². The number of allylic oxidation sites excluding steroid dienone is 3. The van der Waals surface area contributed by atoms with Crippen LogP contribution in [0, 0.1) is 5.92 Å². The Labute approximate surface area is 262 Å². The monoisotopic (exact) mass is 612 g/mol. The number of Topliss-reactive ketones (excluding diaryl/α,β-unsaturated/α-hetero) is 1. The number of piperidine rings is 1. The molecule has 45 heavy (non-hydrogen) atoms. The number of rotatable bonds is 6. The number of benzene rings is 2. The fourth-order valence-corrected chi connectivity index (χ4v) is 7.62. The summed E-state index contributed by atoms with van der Waals surface area (Å²) in [6.07, 6.45) is 7.07. The zero-order chi connectivity index (χ0) is 31.3. The van der Waals surface area contributed by atoms with Crippen LogP contribution in [-0.2, 0) is 20.7 Å². The zero-order valence-electron chi connectivity index (χ0n) is 26.1. The van der Waals surface area contributed by atoms with Crippen molar-refractivity contribution in [2.75, 3.05) is 33.4 Å². The summed E-state index contributed by atoms with van der Waals surface area (Å²) in [7, 11) is 1.63. The molecule has 2 aromatic carbocycles. The number of methoxy groups -OCH3 is 1. The smallest absolute Gasteiger partial charge is 0.374 e. The van der Waals surface area contributed by atoms with Crippen LogP contribution >= 0.6 is 0 Å². The number of carbonyl (C=O) groups is 2. The van der Waals surface area contributed by atoms with Crippen molar-refractivity contribution in [1.82, 2.24) is 5.32 Å². The summed E-state index contributed by atoms with van der Waals surface area (Å²) in [6, 6.07) is 7.89. The van der Waals surface area contributed by atoms with Crippen molar-refractivity contribution in [3.8, 4) is 17.2 Å². The van der Waals surface area contributed by atoms with Crippen molar-refractivity contribution < 1.29 is 33.6 Å². The zero-order valence-corrected chi connectivity index (χ0v) is 26.1. The number of hydrogen-bond acceptors (Lipinski definition) is 9. The van der Waals surface area contributed by atoms with Gasteiger partial charge in [-0.05, 0) is 93.1 Å². The lowest BCUT2D eigenvalue weighted by atomic mass is 9.76. The molecule has 2 aromatic rings. The average molecular weight is 613 g/mol. The van der Waals surface area contributed by atoms with Crippen molar-refractivity contribution >= 4 is 23.4 Å². The minimum atomic E-state index is -1.04. The number of carbonyl (C=O) groups excluding carboxylic acids is 2. The highest BCUT2D eigenvalue weighted by molar-refractivity contribution is 5.98. The molecule has 2 N–H and O–H groups in total. The molecule has 236 valence electrons. The molecule has 0 bridgehead atoms. The maximum Gasteiger partial charge on any atom is 0.374 e. The molecule has 0 aromatic heterocycles. The largest absolute Gasteiger partial charge is 0.496 e. The van der Waals surface area contributed by atoms with Gasteiger partial charge in [0.2, 0.25) is 5.76 Å². The highest BCUT2D eigenvalue weighted by Gasteiger charge is 2.46. The van der Waals surface area contributed by atoms with Crippen LogP contribution in [0.3, 0.4) is 0 Å². The van der Waals surface area contributed by atoms with Crippen LogP contribution in [0.5, 0.6) is 17.2 Å². The minimum absolute atomic E-state index is 0.0762. The molecule has 0 unspecified atom stereocenters. The third-order valence-electron chi connectivity index (χ3n) is 10.1. The fourth-order valence-electron chi connectivity index (χ4n) is 7.62. The van der Waals surface area contributed by atoms with Crippen LogP contribution in [0.15, 0.2) is 46.7 Å². The first-order valence-corrected chi connectivity index (χ1v) is 16.1. The Balaban J connectivity index is 1.31. The van der Waals surface area contributed by atoms with Crippen LogP contribution in [0.25, 0.3) is 11.6 Å². The molecule has 3 atom stereocenters. The molecule has 4 heterocycles. The van der Waals surface area contributed by atoms with Gasteiger partial charge in [-0.2, -0.15) is 0 Å². The van der Waals surface area contributed by atoms with Crippen LogP contribution in [-0.4, -0.2) is 61.9 Å². The summed E-state index contributed by atoms with van der Waals surface area (Å²) in [6.45, 7) is 6.24. The van der Waals surface area contributed by atoms with Gasteiger partial charge in [0.05, 0.1) is 31.2 Å². The molecule has 1 aliphatic carbocycles. The first-order valence-electron chi connectivity index (χ1n) is 16.1. The van der Waals surface area contributed by atoms with Gasteiger partial charge >= 0.3 is 5.97 Å². The van der Waals surface area contributed by atoms with E-state index in [1.54, 1.807) is 20.1 Å². The lowest BCUT2D eigenvalue weighted by Gasteiger charge is -2.39.